The molecule has 3 fully saturated rings. The molecular weight excluding hydrogens is 302 g/mol. The zero-order valence-corrected chi connectivity index (χ0v) is 13.4. The van der Waals surface area contributed by atoms with Crippen LogP contribution in [0.25, 0.3) is 10.8 Å². The van der Waals surface area contributed by atoms with Crippen LogP contribution in [0.3, 0.4) is 0 Å². The topological polar surface area (TPSA) is 66.6 Å². The number of nitrogens with zero attached hydrogens (tertiary/aromatic N) is 2. The Balaban J connectivity index is 1.68. The van der Waals surface area contributed by atoms with Crippen molar-refractivity contribution in [3.8, 4) is 0 Å². The second-order valence-electron chi connectivity index (χ2n) is 7.16. The molecule has 2 aromatic rings. The van der Waals surface area contributed by atoms with Gasteiger partial charge in [0.15, 0.2) is 0 Å². The molecule has 4 heterocycles. The van der Waals surface area contributed by atoms with E-state index in [1.165, 1.54) is 4.90 Å². The molecule has 0 radical (unpaired) electrons. The standard InChI is InChI=1S/C19H19N3O2/c20-13-8-12-2-1-3-14-17(12)15(9-13)19(24)22(18(14)23)16-10-21-6-4-11(16)5-7-21/h1-3,8-9,11,16H,4-7,10,20H2. The van der Waals surface area contributed by atoms with Crippen LogP contribution in [0, 0.1) is 5.92 Å². The molecular formula is C19H19N3O2. The van der Waals surface area contributed by atoms with Crippen molar-refractivity contribution >= 4 is 28.3 Å². The first-order valence-corrected chi connectivity index (χ1v) is 8.56. The van der Waals surface area contributed by atoms with E-state index in [1.807, 2.05) is 24.3 Å². The van der Waals surface area contributed by atoms with Crippen molar-refractivity contribution in [3.05, 3.63) is 41.5 Å². The van der Waals surface area contributed by atoms with Gasteiger partial charge in [-0.25, -0.2) is 0 Å². The third-order valence-corrected chi connectivity index (χ3v) is 5.85. The molecule has 1 atom stereocenters. The zero-order chi connectivity index (χ0) is 16.4. The first-order valence-electron chi connectivity index (χ1n) is 8.56. The molecule has 4 aliphatic heterocycles. The minimum Gasteiger partial charge on any atom is -0.399 e. The molecule has 0 aliphatic carbocycles. The lowest BCUT2D eigenvalue weighted by atomic mass is 9.81. The Bertz CT molecular complexity index is 884. The van der Waals surface area contributed by atoms with E-state index in [0.717, 1.165) is 43.2 Å². The monoisotopic (exact) mass is 321 g/mol. The van der Waals surface area contributed by atoms with Crippen LogP contribution < -0.4 is 5.73 Å². The quantitative estimate of drug-likeness (QED) is 0.645. The predicted molar refractivity (Wildman–Crippen MR) is 91.8 cm³/mol. The van der Waals surface area contributed by atoms with Gasteiger partial charge in [-0.05, 0) is 55.4 Å². The average molecular weight is 321 g/mol. The lowest BCUT2D eigenvalue weighted by Gasteiger charge is -2.49. The van der Waals surface area contributed by atoms with Gasteiger partial charge >= 0.3 is 0 Å². The van der Waals surface area contributed by atoms with Gasteiger partial charge in [0.2, 0.25) is 0 Å². The smallest absolute Gasteiger partial charge is 0.261 e. The minimum absolute atomic E-state index is 0.0164. The number of carbonyl (C=O) groups excluding carboxylic acids is 2. The number of piperidine rings is 3. The van der Waals surface area contributed by atoms with Crippen LogP contribution in [-0.4, -0.2) is 47.3 Å². The molecule has 122 valence electrons. The van der Waals surface area contributed by atoms with Crippen molar-refractivity contribution in [3.63, 3.8) is 0 Å². The fraction of sp³-hybridized carbons (Fsp3) is 0.368. The van der Waals surface area contributed by atoms with Gasteiger partial charge in [0.25, 0.3) is 11.8 Å². The Morgan fingerprint density at radius 1 is 1.00 bits per heavy atom. The van der Waals surface area contributed by atoms with Crippen LogP contribution in [-0.2, 0) is 0 Å². The Labute approximate surface area is 140 Å². The van der Waals surface area contributed by atoms with E-state index in [-0.39, 0.29) is 17.9 Å². The van der Waals surface area contributed by atoms with E-state index in [9.17, 15) is 9.59 Å². The van der Waals surface area contributed by atoms with E-state index in [4.69, 9.17) is 5.73 Å². The maximum atomic E-state index is 13.2. The summed E-state index contributed by atoms with van der Waals surface area (Å²) in [5.41, 5.74) is 7.74. The van der Waals surface area contributed by atoms with Crippen molar-refractivity contribution in [2.75, 3.05) is 25.4 Å². The molecule has 2 aromatic carbocycles. The summed E-state index contributed by atoms with van der Waals surface area (Å²) in [7, 11) is 0. The highest BCUT2D eigenvalue weighted by atomic mass is 16.2. The first-order chi connectivity index (χ1) is 11.6. The SMILES string of the molecule is Nc1cc2c3c(cccc3c1)C(=O)N(C1CN3CCC1CC3)C2=O. The van der Waals surface area contributed by atoms with Crippen molar-refractivity contribution in [2.45, 2.75) is 18.9 Å². The summed E-state index contributed by atoms with van der Waals surface area (Å²) in [4.78, 5) is 30.2. The lowest BCUT2D eigenvalue weighted by Crippen LogP contribution is -2.60. The minimum atomic E-state index is -0.185. The number of amides is 2. The summed E-state index contributed by atoms with van der Waals surface area (Å²) >= 11 is 0. The zero-order valence-electron chi connectivity index (χ0n) is 13.4. The highest BCUT2D eigenvalue weighted by Crippen LogP contribution is 2.37. The fourth-order valence-electron chi connectivity index (χ4n) is 4.68. The number of nitrogen functional groups attached to an aromatic ring is 1. The summed E-state index contributed by atoms with van der Waals surface area (Å²) in [6, 6.07) is 9.12. The number of nitrogens with two attached hydrogens (primary N) is 1. The molecule has 0 aromatic heterocycles. The van der Waals surface area contributed by atoms with Gasteiger partial charge in [-0.3, -0.25) is 14.5 Å². The summed E-state index contributed by atoms with van der Waals surface area (Å²) in [6.45, 7) is 2.96. The number of anilines is 1. The van der Waals surface area contributed by atoms with E-state index >= 15 is 0 Å². The number of benzene rings is 2. The molecule has 1 unspecified atom stereocenters. The second-order valence-corrected chi connectivity index (χ2v) is 7.16. The predicted octanol–water partition coefficient (Wildman–Crippen LogP) is 2.11. The summed E-state index contributed by atoms with van der Waals surface area (Å²) < 4.78 is 0. The third kappa shape index (κ3) is 1.79. The molecule has 0 spiro atoms. The first kappa shape index (κ1) is 14.0. The van der Waals surface area contributed by atoms with Crippen LogP contribution in [0.2, 0.25) is 0 Å². The second kappa shape index (κ2) is 4.80. The van der Waals surface area contributed by atoms with E-state index in [2.05, 4.69) is 4.90 Å². The summed E-state index contributed by atoms with van der Waals surface area (Å²) in [5.74, 6) is 0.0843. The molecule has 2 bridgehead atoms. The molecule has 0 saturated carbocycles. The number of hydrogen-bond acceptors (Lipinski definition) is 4. The van der Waals surface area contributed by atoms with Crippen molar-refractivity contribution in [2.24, 2.45) is 5.92 Å². The van der Waals surface area contributed by atoms with Crippen LogP contribution in [0.4, 0.5) is 5.69 Å². The maximum Gasteiger partial charge on any atom is 0.261 e. The maximum absolute atomic E-state index is 13.2. The molecule has 2 N–H and O–H groups in total. The number of imide groups is 1. The Hall–Kier alpha value is -2.40. The van der Waals surface area contributed by atoms with Crippen LogP contribution in [0.1, 0.15) is 33.6 Å². The highest BCUT2D eigenvalue weighted by molar-refractivity contribution is 6.26. The number of hydrogen-bond donors (Lipinski definition) is 1. The highest BCUT2D eigenvalue weighted by Gasteiger charge is 2.44. The Kier molecular flexibility index (Phi) is 2.80. The third-order valence-electron chi connectivity index (χ3n) is 5.85. The van der Waals surface area contributed by atoms with Crippen LogP contribution >= 0.6 is 0 Å². The largest absolute Gasteiger partial charge is 0.399 e. The van der Waals surface area contributed by atoms with Crippen molar-refractivity contribution in [1.82, 2.24) is 9.80 Å². The molecule has 5 nitrogen and oxygen atoms in total. The van der Waals surface area contributed by atoms with Crippen molar-refractivity contribution < 1.29 is 9.59 Å². The van der Waals surface area contributed by atoms with Gasteiger partial charge in [-0.2, -0.15) is 0 Å². The van der Waals surface area contributed by atoms with Gasteiger partial charge in [-0.15, -0.1) is 0 Å². The number of fused-ring (bicyclic) bond motifs is 3. The van der Waals surface area contributed by atoms with Gasteiger partial charge in [0.1, 0.15) is 0 Å². The van der Waals surface area contributed by atoms with Gasteiger partial charge in [0.05, 0.1) is 11.6 Å². The van der Waals surface area contributed by atoms with Crippen LogP contribution in [0.15, 0.2) is 30.3 Å². The summed E-state index contributed by atoms with van der Waals surface area (Å²) in [6.07, 6.45) is 2.13. The lowest BCUT2D eigenvalue weighted by molar-refractivity contribution is 0.00882. The summed E-state index contributed by atoms with van der Waals surface area (Å²) in [5, 5.41) is 1.61. The van der Waals surface area contributed by atoms with Gasteiger partial charge in [-0.1, -0.05) is 12.1 Å². The average Bonchev–Trinajstić information content (AvgIpc) is 2.60. The van der Waals surface area contributed by atoms with E-state index < -0.39 is 0 Å². The van der Waals surface area contributed by atoms with E-state index in [0.29, 0.717) is 22.7 Å². The normalized spacial score (nSPS) is 28.7. The number of rotatable bonds is 1. The number of carbonyl (C=O) groups is 2. The molecule has 2 amide bonds. The molecule has 4 aliphatic rings. The molecule has 5 heteroatoms. The van der Waals surface area contributed by atoms with E-state index in [1.54, 1.807) is 6.07 Å². The molecule has 3 saturated heterocycles. The van der Waals surface area contributed by atoms with Crippen molar-refractivity contribution in [1.29, 1.82) is 0 Å². The van der Waals surface area contributed by atoms with Gasteiger partial charge in [0, 0.05) is 23.2 Å². The molecule has 24 heavy (non-hydrogen) atoms. The van der Waals surface area contributed by atoms with Crippen LogP contribution in [0.5, 0.6) is 0 Å². The Morgan fingerprint density at radius 3 is 2.46 bits per heavy atom. The Morgan fingerprint density at radius 2 is 1.75 bits per heavy atom. The fourth-order valence-corrected chi connectivity index (χ4v) is 4.68. The van der Waals surface area contributed by atoms with Gasteiger partial charge < -0.3 is 10.6 Å². The molecule has 6 rings (SSSR count).